The van der Waals surface area contributed by atoms with Gasteiger partial charge >= 0.3 is 0 Å². The molecule has 0 radical (unpaired) electrons. The average molecular weight is 318 g/mol. The first-order valence-electron chi connectivity index (χ1n) is 8.71. The second kappa shape index (κ2) is 8.41. The lowest BCUT2D eigenvalue weighted by molar-refractivity contribution is -0.138. The largest absolute Gasteiger partial charge is 0.376 e. The van der Waals surface area contributed by atoms with Gasteiger partial charge in [0.1, 0.15) is 6.61 Å². The van der Waals surface area contributed by atoms with Crippen LogP contribution in [0, 0.1) is 0 Å². The van der Waals surface area contributed by atoms with Gasteiger partial charge in [-0.15, -0.1) is 0 Å². The van der Waals surface area contributed by atoms with E-state index < -0.39 is 0 Å². The average Bonchev–Trinajstić information content (AvgIpc) is 3.25. The van der Waals surface area contributed by atoms with Gasteiger partial charge in [0.05, 0.1) is 12.7 Å². The number of ether oxygens (including phenoxy) is 2. The molecule has 1 unspecified atom stereocenters. The predicted octanol–water partition coefficient (Wildman–Crippen LogP) is 2.20. The smallest absolute Gasteiger partial charge is 0.248 e. The fraction of sp³-hybridized carbons (Fsp3) is 0.667. The van der Waals surface area contributed by atoms with Crippen molar-refractivity contribution in [3.8, 4) is 0 Å². The van der Waals surface area contributed by atoms with E-state index in [9.17, 15) is 4.79 Å². The highest BCUT2D eigenvalue weighted by Crippen LogP contribution is 2.22. The number of hydrogen-bond acceptors (Lipinski definition) is 4. The summed E-state index contributed by atoms with van der Waals surface area (Å²) in [6.07, 6.45) is 8.23. The van der Waals surface area contributed by atoms with E-state index in [1.807, 2.05) is 29.3 Å². The zero-order valence-corrected chi connectivity index (χ0v) is 13.7. The molecule has 2 saturated heterocycles. The number of rotatable bonds is 7. The zero-order chi connectivity index (χ0) is 15.9. The zero-order valence-electron chi connectivity index (χ0n) is 13.7. The van der Waals surface area contributed by atoms with Crippen molar-refractivity contribution in [3.63, 3.8) is 0 Å². The first-order valence-corrected chi connectivity index (χ1v) is 8.71. The Morgan fingerprint density at radius 1 is 1.35 bits per heavy atom. The first kappa shape index (κ1) is 16.4. The van der Waals surface area contributed by atoms with Crippen molar-refractivity contribution in [1.82, 2.24) is 9.88 Å². The van der Waals surface area contributed by atoms with Crippen molar-refractivity contribution in [2.45, 2.75) is 50.7 Å². The molecular weight excluding hydrogens is 292 g/mol. The molecule has 1 aromatic rings. The standard InChI is InChI=1S/C18H26N2O3/c21-18(14-22-13-17-7-4-12-23-17)20-11-3-6-16(20)9-8-15-5-1-2-10-19-15/h1-2,5,10,16-17H,3-4,6-9,11-14H2/t16-,17?/m0/s1. The van der Waals surface area contributed by atoms with E-state index in [-0.39, 0.29) is 18.6 Å². The molecule has 3 heterocycles. The van der Waals surface area contributed by atoms with E-state index >= 15 is 0 Å². The number of aryl methyl sites for hydroxylation is 1. The lowest BCUT2D eigenvalue weighted by Gasteiger charge is -2.25. The van der Waals surface area contributed by atoms with Crippen LogP contribution in [0.25, 0.3) is 0 Å². The van der Waals surface area contributed by atoms with E-state index in [1.165, 1.54) is 0 Å². The summed E-state index contributed by atoms with van der Waals surface area (Å²) in [5, 5.41) is 0. The molecule has 0 aromatic carbocycles. The van der Waals surface area contributed by atoms with Crippen LogP contribution in [0.15, 0.2) is 24.4 Å². The second-order valence-corrected chi connectivity index (χ2v) is 6.39. The maximum atomic E-state index is 12.4. The van der Waals surface area contributed by atoms with Crippen LogP contribution >= 0.6 is 0 Å². The van der Waals surface area contributed by atoms with Gasteiger partial charge in [-0.3, -0.25) is 9.78 Å². The highest BCUT2D eigenvalue weighted by atomic mass is 16.5. The Bertz CT molecular complexity index is 488. The summed E-state index contributed by atoms with van der Waals surface area (Å²) in [4.78, 5) is 18.7. The molecule has 0 aliphatic carbocycles. The van der Waals surface area contributed by atoms with Crippen molar-refractivity contribution < 1.29 is 14.3 Å². The Balaban J connectivity index is 1.41. The molecule has 1 amide bonds. The Labute approximate surface area is 138 Å². The van der Waals surface area contributed by atoms with Gasteiger partial charge in [-0.05, 0) is 50.7 Å². The molecule has 5 nitrogen and oxygen atoms in total. The molecule has 0 saturated carbocycles. The predicted molar refractivity (Wildman–Crippen MR) is 87.1 cm³/mol. The number of carbonyl (C=O) groups excluding carboxylic acids is 1. The van der Waals surface area contributed by atoms with E-state index in [4.69, 9.17) is 9.47 Å². The quantitative estimate of drug-likeness (QED) is 0.773. The lowest BCUT2D eigenvalue weighted by atomic mass is 10.1. The summed E-state index contributed by atoms with van der Waals surface area (Å²) in [6, 6.07) is 6.32. The Kier molecular flexibility index (Phi) is 6.00. The molecule has 2 aliphatic rings. The van der Waals surface area contributed by atoms with E-state index in [0.717, 1.165) is 57.4 Å². The van der Waals surface area contributed by atoms with Gasteiger partial charge in [0.2, 0.25) is 5.91 Å². The minimum atomic E-state index is 0.117. The molecule has 2 fully saturated rings. The fourth-order valence-corrected chi connectivity index (χ4v) is 3.46. The molecular formula is C18H26N2O3. The molecule has 0 N–H and O–H groups in total. The number of nitrogens with zero attached hydrogens (tertiary/aromatic N) is 2. The van der Waals surface area contributed by atoms with Gasteiger partial charge in [-0.25, -0.2) is 0 Å². The summed E-state index contributed by atoms with van der Waals surface area (Å²) < 4.78 is 11.1. The summed E-state index contributed by atoms with van der Waals surface area (Å²) in [7, 11) is 0. The van der Waals surface area contributed by atoms with Crippen LogP contribution in [0.5, 0.6) is 0 Å². The third-order valence-electron chi connectivity index (χ3n) is 4.71. The normalized spacial score (nSPS) is 24.3. The van der Waals surface area contributed by atoms with E-state index in [0.29, 0.717) is 12.6 Å². The molecule has 2 aliphatic heterocycles. The molecule has 23 heavy (non-hydrogen) atoms. The van der Waals surface area contributed by atoms with Crippen molar-refractivity contribution >= 4 is 5.91 Å². The van der Waals surface area contributed by atoms with E-state index in [1.54, 1.807) is 0 Å². The molecule has 1 aromatic heterocycles. The third kappa shape index (κ3) is 4.75. The number of aromatic nitrogens is 1. The summed E-state index contributed by atoms with van der Waals surface area (Å²) in [5.74, 6) is 0.117. The number of amides is 1. The molecule has 3 rings (SSSR count). The number of likely N-dealkylation sites (tertiary alicyclic amines) is 1. The topological polar surface area (TPSA) is 51.7 Å². The monoisotopic (exact) mass is 318 g/mol. The Morgan fingerprint density at radius 3 is 3.09 bits per heavy atom. The Morgan fingerprint density at radius 2 is 2.30 bits per heavy atom. The Hall–Kier alpha value is -1.46. The third-order valence-corrected chi connectivity index (χ3v) is 4.71. The van der Waals surface area contributed by atoms with Crippen LogP contribution in [0.3, 0.4) is 0 Å². The maximum Gasteiger partial charge on any atom is 0.248 e. The van der Waals surface area contributed by atoms with Gasteiger partial charge in [-0.2, -0.15) is 0 Å². The van der Waals surface area contributed by atoms with Crippen LogP contribution in [-0.2, 0) is 20.7 Å². The van der Waals surface area contributed by atoms with Crippen molar-refractivity contribution in [3.05, 3.63) is 30.1 Å². The van der Waals surface area contributed by atoms with Crippen LogP contribution in [0.2, 0.25) is 0 Å². The summed E-state index contributed by atoms with van der Waals surface area (Å²) in [5.41, 5.74) is 1.10. The van der Waals surface area contributed by atoms with Crippen molar-refractivity contribution in [1.29, 1.82) is 0 Å². The number of pyridine rings is 1. The molecule has 126 valence electrons. The van der Waals surface area contributed by atoms with Gasteiger partial charge in [0.25, 0.3) is 0 Å². The summed E-state index contributed by atoms with van der Waals surface area (Å²) >= 11 is 0. The fourth-order valence-electron chi connectivity index (χ4n) is 3.46. The van der Waals surface area contributed by atoms with E-state index in [2.05, 4.69) is 4.98 Å². The van der Waals surface area contributed by atoms with Crippen LogP contribution in [-0.4, -0.2) is 54.3 Å². The SMILES string of the molecule is O=C(COCC1CCCO1)N1CCC[C@H]1CCc1ccccn1. The van der Waals surface area contributed by atoms with Crippen LogP contribution in [0.4, 0.5) is 0 Å². The van der Waals surface area contributed by atoms with Crippen LogP contribution in [0.1, 0.15) is 37.8 Å². The molecule has 0 spiro atoms. The minimum absolute atomic E-state index is 0.117. The lowest BCUT2D eigenvalue weighted by Crippen LogP contribution is -2.38. The minimum Gasteiger partial charge on any atom is -0.376 e. The molecule has 2 atom stereocenters. The number of hydrogen-bond donors (Lipinski definition) is 0. The van der Waals surface area contributed by atoms with Gasteiger partial charge in [0, 0.05) is 31.1 Å². The van der Waals surface area contributed by atoms with Gasteiger partial charge < -0.3 is 14.4 Å². The van der Waals surface area contributed by atoms with Crippen molar-refractivity contribution in [2.24, 2.45) is 0 Å². The second-order valence-electron chi connectivity index (χ2n) is 6.39. The van der Waals surface area contributed by atoms with Gasteiger partial charge in [0.15, 0.2) is 0 Å². The summed E-state index contributed by atoms with van der Waals surface area (Å²) in [6.45, 7) is 2.40. The maximum absolute atomic E-state index is 12.4. The van der Waals surface area contributed by atoms with Crippen LogP contribution < -0.4 is 0 Å². The van der Waals surface area contributed by atoms with Crippen molar-refractivity contribution in [2.75, 3.05) is 26.4 Å². The van der Waals surface area contributed by atoms with Gasteiger partial charge in [-0.1, -0.05) is 6.07 Å². The highest BCUT2D eigenvalue weighted by Gasteiger charge is 2.28. The highest BCUT2D eigenvalue weighted by molar-refractivity contribution is 5.78. The number of carbonyl (C=O) groups is 1. The first-order chi connectivity index (χ1) is 11.3. The molecule has 0 bridgehead atoms. The molecule has 5 heteroatoms.